The van der Waals surface area contributed by atoms with Crippen molar-refractivity contribution in [3.63, 3.8) is 0 Å². The summed E-state index contributed by atoms with van der Waals surface area (Å²) in [4.78, 5) is 10.6. The average molecular weight is 667 g/mol. The predicted molar refractivity (Wildman–Crippen MR) is 148 cm³/mol. The van der Waals surface area contributed by atoms with Crippen molar-refractivity contribution < 1.29 is 56.3 Å². The predicted octanol–water partition coefficient (Wildman–Crippen LogP) is 2.31. The highest BCUT2D eigenvalue weighted by atomic mass is 32.3. The lowest BCUT2D eigenvalue weighted by molar-refractivity contribution is -0.114. The van der Waals surface area contributed by atoms with Crippen LogP contribution in [0.25, 0.3) is 10.8 Å². The highest BCUT2D eigenvalue weighted by Crippen LogP contribution is 2.36. The molecule has 5 N–H and O–H groups in total. The van der Waals surface area contributed by atoms with E-state index in [2.05, 4.69) is 25.0 Å². The third-order valence-corrected chi connectivity index (χ3v) is 8.75. The van der Waals surface area contributed by atoms with Crippen LogP contribution < -0.4 is 10.6 Å². The summed E-state index contributed by atoms with van der Waals surface area (Å²) in [7, 11) is -18.4. The van der Waals surface area contributed by atoms with E-state index in [4.69, 9.17) is 9.11 Å². The highest BCUT2D eigenvalue weighted by molar-refractivity contribution is 7.91. The summed E-state index contributed by atoms with van der Waals surface area (Å²) in [6.45, 7) is 0.293. The van der Waals surface area contributed by atoms with E-state index in [1.54, 1.807) is 0 Å². The summed E-state index contributed by atoms with van der Waals surface area (Å²) >= 11 is 0. The molecule has 0 fully saturated rings. The van der Waals surface area contributed by atoms with Crippen molar-refractivity contribution in [1.29, 1.82) is 0 Å². The Morgan fingerprint density at radius 3 is 2.10 bits per heavy atom. The number of anilines is 2. The number of carbonyl (C=O) groups excluding carboxylic acids is 1. The van der Waals surface area contributed by atoms with Crippen LogP contribution in [0.15, 0.2) is 68.6 Å². The third kappa shape index (κ3) is 9.22. The first-order valence-corrected chi connectivity index (χ1v) is 17.2. The zero-order valence-electron chi connectivity index (χ0n) is 21.2. The molecule has 0 unspecified atom stereocenters. The molecule has 0 aliphatic carbocycles. The molecule has 228 valence electrons. The molecule has 0 aromatic heterocycles. The molecule has 0 radical (unpaired) electrons. The normalized spacial score (nSPS) is 13.0. The number of fused-ring (bicyclic) bond motifs is 1. The maximum atomic E-state index is 12.6. The Bertz CT molecular complexity index is 2010. The monoisotopic (exact) mass is 666 g/mol. The molecule has 0 saturated heterocycles. The van der Waals surface area contributed by atoms with Crippen LogP contribution in [0.1, 0.15) is 6.92 Å². The van der Waals surface area contributed by atoms with E-state index in [1.807, 2.05) is 0 Å². The molecular weight excluding hydrogens is 645 g/mol. The highest BCUT2D eigenvalue weighted by Gasteiger charge is 2.23. The van der Waals surface area contributed by atoms with E-state index in [0.29, 0.717) is 0 Å². The Morgan fingerprint density at radius 2 is 1.50 bits per heavy atom. The Hall–Kier alpha value is -3.57. The number of azo groups is 1. The maximum Gasteiger partial charge on any atom is 0.397 e. The topological polar surface area (TPSA) is 272 Å². The van der Waals surface area contributed by atoms with E-state index in [1.165, 1.54) is 31.2 Å². The van der Waals surface area contributed by atoms with Gasteiger partial charge >= 0.3 is 10.4 Å². The summed E-state index contributed by atoms with van der Waals surface area (Å²) in [5, 5.41) is 12.6. The number of benzene rings is 3. The van der Waals surface area contributed by atoms with Gasteiger partial charge in [0.2, 0.25) is 5.91 Å². The number of sulfone groups is 1. The Balaban J connectivity index is 2.03. The molecule has 0 bridgehead atoms. The molecule has 17 nitrogen and oxygen atoms in total. The second kappa shape index (κ2) is 12.3. The van der Waals surface area contributed by atoms with E-state index in [0.717, 1.165) is 24.3 Å². The first-order chi connectivity index (χ1) is 19.2. The third-order valence-electron chi connectivity index (χ3n) is 5.15. The van der Waals surface area contributed by atoms with Gasteiger partial charge in [0.1, 0.15) is 22.1 Å². The van der Waals surface area contributed by atoms with Crippen LogP contribution in [0.5, 0.6) is 0 Å². The standard InChI is InChI=1S/C21H22N4O13S4/c1-13(26)23-20-11-15(22-12-40(29,30)31)3-7-18(20)24-25-19-6-2-14-10-16(4-5-17(14)21(19)41(32,33)34)39(27,28)9-8-38-42(35,36)37/h2-7,10-11,22H,8-9,12H2,1H3,(H,23,26)(H,29,30,31)(H,32,33,34)(H,35,36,37)/b25-24+. The fourth-order valence-corrected chi connectivity index (χ4v) is 6.19. The minimum atomic E-state index is -4.98. The first-order valence-electron chi connectivity index (χ1n) is 11.2. The van der Waals surface area contributed by atoms with Crippen molar-refractivity contribution in [2.45, 2.75) is 16.7 Å². The lowest BCUT2D eigenvalue weighted by Crippen LogP contribution is -2.15. The fraction of sp³-hybridized carbons (Fsp3) is 0.190. The van der Waals surface area contributed by atoms with Gasteiger partial charge in [-0.15, -0.1) is 10.2 Å². The molecule has 1 amide bonds. The molecule has 0 saturated carbocycles. The van der Waals surface area contributed by atoms with E-state index < -0.39 is 69.5 Å². The second-order valence-corrected chi connectivity index (χ2v) is 14.4. The number of nitrogens with zero attached hydrogens (tertiary/aromatic N) is 2. The van der Waals surface area contributed by atoms with Crippen molar-refractivity contribution in [3.8, 4) is 0 Å². The van der Waals surface area contributed by atoms with Gasteiger partial charge in [-0.1, -0.05) is 12.1 Å². The van der Waals surface area contributed by atoms with Crippen molar-refractivity contribution in [1.82, 2.24) is 0 Å². The van der Waals surface area contributed by atoms with Gasteiger partial charge in [-0.05, 0) is 41.8 Å². The van der Waals surface area contributed by atoms with Gasteiger partial charge in [0.15, 0.2) is 9.84 Å². The summed E-state index contributed by atoms with van der Waals surface area (Å²) in [6, 6.07) is 9.45. The van der Waals surface area contributed by atoms with Gasteiger partial charge in [0.05, 0.1) is 22.9 Å². The zero-order chi connectivity index (χ0) is 31.5. The molecule has 0 aliphatic heterocycles. The Kier molecular flexibility index (Phi) is 9.68. The largest absolute Gasteiger partial charge is 0.397 e. The first kappa shape index (κ1) is 32.9. The minimum Gasteiger partial charge on any atom is -0.370 e. The van der Waals surface area contributed by atoms with Crippen LogP contribution in [-0.4, -0.2) is 71.5 Å². The van der Waals surface area contributed by atoms with Gasteiger partial charge in [-0.25, -0.2) is 12.6 Å². The smallest absolute Gasteiger partial charge is 0.370 e. The summed E-state index contributed by atoms with van der Waals surface area (Å²) in [5.74, 6) is -2.21. The minimum absolute atomic E-state index is 0.0162. The number of carbonyl (C=O) groups is 1. The quantitative estimate of drug-likeness (QED) is 0.137. The molecule has 21 heteroatoms. The molecule has 0 aliphatic rings. The number of nitrogens with one attached hydrogen (secondary N) is 2. The summed E-state index contributed by atoms with van der Waals surface area (Å²) in [5.41, 5.74) is -0.203. The van der Waals surface area contributed by atoms with E-state index >= 15 is 0 Å². The zero-order valence-corrected chi connectivity index (χ0v) is 24.5. The van der Waals surface area contributed by atoms with Crippen LogP contribution >= 0.6 is 0 Å². The molecular formula is C21H22N4O13S4. The fourth-order valence-electron chi connectivity index (χ4n) is 3.48. The van der Waals surface area contributed by atoms with Crippen molar-refractivity contribution >= 4 is 79.9 Å². The van der Waals surface area contributed by atoms with Crippen molar-refractivity contribution in [2.24, 2.45) is 10.2 Å². The van der Waals surface area contributed by atoms with Crippen molar-refractivity contribution in [3.05, 3.63) is 48.5 Å². The van der Waals surface area contributed by atoms with Gasteiger partial charge in [-0.2, -0.15) is 25.3 Å². The van der Waals surface area contributed by atoms with Gasteiger partial charge in [0, 0.05) is 18.0 Å². The molecule has 0 spiro atoms. The molecule has 0 atom stereocenters. The van der Waals surface area contributed by atoms with Crippen LogP contribution in [0.2, 0.25) is 0 Å². The van der Waals surface area contributed by atoms with Gasteiger partial charge in [0.25, 0.3) is 20.2 Å². The van der Waals surface area contributed by atoms with Crippen molar-refractivity contribution in [2.75, 3.05) is 28.9 Å². The SMILES string of the molecule is CC(=O)Nc1cc(NCS(=O)(=O)O)ccc1/N=N/c1ccc2cc(S(=O)(=O)CCOS(=O)(=O)O)ccc2c1S(=O)(=O)O. The summed E-state index contributed by atoms with van der Waals surface area (Å²) in [6.07, 6.45) is 0. The van der Waals surface area contributed by atoms with E-state index in [-0.39, 0.29) is 38.4 Å². The van der Waals surface area contributed by atoms with Crippen LogP contribution in [0.3, 0.4) is 0 Å². The molecule has 0 heterocycles. The average Bonchev–Trinajstić information content (AvgIpc) is 2.83. The second-order valence-electron chi connectivity index (χ2n) is 8.36. The Morgan fingerprint density at radius 1 is 0.857 bits per heavy atom. The molecule has 3 aromatic rings. The maximum absolute atomic E-state index is 12.6. The molecule has 3 aromatic carbocycles. The molecule has 42 heavy (non-hydrogen) atoms. The lowest BCUT2D eigenvalue weighted by Gasteiger charge is -2.11. The number of hydrogen-bond donors (Lipinski definition) is 5. The van der Waals surface area contributed by atoms with Gasteiger partial charge in [-0.3, -0.25) is 18.5 Å². The number of rotatable bonds is 12. The number of hydrogen-bond acceptors (Lipinski definition) is 13. The van der Waals surface area contributed by atoms with Gasteiger partial charge < -0.3 is 10.6 Å². The molecule has 3 rings (SSSR count). The van der Waals surface area contributed by atoms with Crippen LogP contribution in [-0.2, 0) is 49.5 Å². The summed E-state index contributed by atoms with van der Waals surface area (Å²) < 4.78 is 125. The van der Waals surface area contributed by atoms with Crippen LogP contribution in [0.4, 0.5) is 22.7 Å². The Labute approximate surface area is 240 Å². The van der Waals surface area contributed by atoms with E-state index in [9.17, 15) is 43.0 Å². The number of amides is 1. The van der Waals surface area contributed by atoms with Crippen LogP contribution in [0, 0.1) is 0 Å². The lowest BCUT2D eigenvalue weighted by atomic mass is 10.1.